The number of carbonyl (C=O) groups excluding carboxylic acids is 1. The van der Waals surface area contributed by atoms with Gasteiger partial charge in [0.05, 0.1) is 5.70 Å². The largest absolute Gasteiger partial charge is 0.444 e. The normalized spacial score (nSPS) is 15.1. The summed E-state index contributed by atoms with van der Waals surface area (Å²) < 4.78 is 5.49. The number of nitrogens with zero attached hydrogens (tertiary/aromatic N) is 2. The lowest BCUT2D eigenvalue weighted by Crippen LogP contribution is -2.39. The highest BCUT2D eigenvalue weighted by Crippen LogP contribution is 2.37. The van der Waals surface area contributed by atoms with Crippen molar-refractivity contribution in [1.82, 2.24) is 4.90 Å². The zero-order valence-corrected chi connectivity index (χ0v) is 19.3. The number of hydrogen-bond acceptors (Lipinski definition) is 4. The van der Waals surface area contributed by atoms with E-state index in [9.17, 15) is 4.79 Å². The molecule has 0 atom stereocenters. The van der Waals surface area contributed by atoms with Crippen molar-refractivity contribution in [2.24, 2.45) is 4.99 Å². The van der Waals surface area contributed by atoms with Crippen molar-refractivity contribution in [3.63, 3.8) is 0 Å². The highest BCUT2D eigenvalue weighted by Gasteiger charge is 2.23. The SMILES string of the molecule is C=N/C(=C(\SCC1=CCN(C(=O)OC(C)(C)C)CC1)c1ccccc1)c1ccccc1. The highest BCUT2D eigenvalue weighted by molar-refractivity contribution is 8.08. The number of aliphatic imine (C=N–C) groups is 1. The fourth-order valence-corrected chi connectivity index (χ4v) is 4.48. The minimum atomic E-state index is -0.474. The van der Waals surface area contributed by atoms with Crippen LogP contribution < -0.4 is 0 Å². The summed E-state index contributed by atoms with van der Waals surface area (Å²) in [5.74, 6) is 0.845. The van der Waals surface area contributed by atoms with E-state index in [0.717, 1.165) is 33.9 Å². The van der Waals surface area contributed by atoms with Crippen LogP contribution in [-0.2, 0) is 4.74 Å². The Bertz CT molecular complexity index is 960. The average molecular weight is 435 g/mol. The molecule has 0 spiro atoms. The Balaban J connectivity index is 1.76. The highest BCUT2D eigenvalue weighted by atomic mass is 32.2. The van der Waals surface area contributed by atoms with Crippen LogP contribution in [0.25, 0.3) is 10.6 Å². The number of benzene rings is 2. The van der Waals surface area contributed by atoms with Crippen LogP contribution in [0.15, 0.2) is 77.3 Å². The lowest BCUT2D eigenvalue weighted by atomic mass is 10.1. The van der Waals surface area contributed by atoms with Gasteiger partial charge < -0.3 is 9.64 Å². The second-order valence-corrected chi connectivity index (χ2v) is 9.38. The average Bonchev–Trinajstić information content (AvgIpc) is 2.77. The molecule has 0 unspecified atom stereocenters. The first-order valence-electron chi connectivity index (χ1n) is 10.5. The van der Waals surface area contributed by atoms with E-state index in [1.165, 1.54) is 5.57 Å². The molecule has 162 valence electrons. The number of carbonyl (C=O) groups is 1. The van der Waals surface area contributed by atoms with Gasteiger partial charge in [0.15, 0.2) is 0 Å². The van der Waals surface area contributed by atoms with Crippen LogP contribution in [-0.4, -0.2) is 42.2 Å². The molecule has 1 amide bonds. The Morgan fingerprint density at radius 2 is 1.68 bits per heavy atom. The van der Waals surface area contributed by atoms with Crippen LogP contribution in [0.2, 0.25) is 0 Å². The molecule has 0 saturated heterocycles. The van der Waals surface area contributed by atoms with E-state index in [0.29, 0.717) is 13.1 Å². The van der Waals surface area contributed by atoms with E-state index in [1.54, 1.807) is 16.7 Å². The Morgan fingerprint density at radius 3 is 2.19 bits per heavy atom. The zero-order chi connectivity index (χ0) is 22.3. The van der Waals surface area contributed by atoms with Gasteiger partial charge in [-0.05, 0) is 39.5 Å². The Kier molecular flexibility index (Phi) is 7.75. The second-order valence-electron chi connectivity index (χ2n) is 8.40. The molecule has 2 aromatic carbocycles. The van der Waals surface area contributed by atoms with Gasteiger partial charge in [0, 0.05) is 29.3 Å². The smallest absolute Gasteiger partial charge is 0.410 e. The lowest BCUT2D eigenvalue weighted by molar-refractivity contribution is 0.0266. The van der Waals surface area contributed by atoms with E-state index in [1.807, 2.05) is 57.2 Å². The fraction of sp³-hybridized carbons (Fsp3) is 0.308. The maximum atomic E-state index is 12.3. The van der Waals surface area contributed by atoms with Crippen molar-refractivity contribution in [2.75, 3.05) is 18.8 Å². The summed E-state index contributed by atoms with van der Waals surface area (Å²) in [6, 6.07) is 20.5. The first kappa shape index (κ1) is 22.9. The van der Waals surface area contributed by atoms with Crippen LogP contribution >= 0.6 is 11.8 Å². The Labute approximate surface area is 189 Å². The van der Waals surface area contributed by atoms with Gasteiger partial charge in [-0.1, -0.05) is 72.3 Å². The van der Waals surface area contributed by atoms with Crippen LogP contribution in [0, 0.1) is 0 Å². The molecule has 1 aliphatic heterocycles. The first-order valence-corrected chi connectivity index (χ1v) is 11.5. The van der Waals surface area contributed by atoms with Crippen molar-refractivity contribution < 1.29 is 9.53 Å². The molecule has 3 rings (SSSR count). The van der Waals surface area contributed by atoms with Crippen molar-refractivity contribution in [1.29, 1.82) is 0 Å². The van der Waals surface area contributed by atoms with Crippen LogP contribution in [0.4, 0.5) is 4.79 Å². The second kappa shape index (κ2) is 10.5. The maximum Gasteiger partial charge on any atom is 0.410 e. The standard InChI is InChI=1S/C26H30N2O2S/c1-26(2,3)30-25(29)28-17-15-20(16-18-28)19-31-24(22-13-9-6-10-14-22)23(27-4)21-11-7-5-8-12-21/h5-15H,4,16-19H2,1-3H3/b24-23-. The summed E-state index contributed by atoms with van der Waals surface area (Å²) >= 11 is 1.77. The van der Waals surface area contributed by atoms with Gasteiger partial charge in [-0.15, -0.1) is 11.8 Å². The third-order valence-electron chi connectivity index (χ3n) is 4.81. The van der Waals surface area contributed by atoms with E-state index < -0.39 is 5.60 Å². The molecule has 0 fully saturated rings. The molecular weight excluding hydrogens is 404 g/mol. The van der Waals surface area contributed by atoms with Gasteiger partial charge >= 0.3 is 6.09 Å². The van der Waals surface area contributed by atoms with Crippen LogP contribution in [0.5, 0.6) is 0 Å². The number of hydrogen-bond donors (Lipinski definition) is 0. The molecular formula is C26H30N2O2S. The van der Waals surface area contributed by atoms with Gasteiger partial charge in [-0.3, -0.25) is 4.99 Å². The minimum Gasteiger partial charge on any atom is -0.444 e. The summed E-state index contributed by atoms with van der Waals surface area (Å²) in [6.07, 6.45) is 2.74. The predicted octanol–water partition coefficient (Wildman–Crippen LogP) is 6.51. The molecule has 0 aromatic heterocycles. The molecule has 0 bridgehead atoms. The van der Waals surface area contributed by atoms with Crippen LogP contribution in [0.1, 0.15) is 38.3 Å². The van der Waals surface area contributed by atoms with Gasteiger partial charge in [0.1, 0.15) is 5.60 Å². The number of thioether (sulfide) groups is 1. The van der Waals surface area contributed by atoms with E-state index >= 15 is 0 Å². The quantitative estimate of drug-likeness (QED) is 0.295. The first-order chi connectivity index (χ1) is 14.9. The molecule has 1 aliphatic rings. The number of amides is 1. The third-order valence-corrected chi connectivity index (χ3v) is 6.05. The van der Waals surface area contributed by atoms with Crippen molar-refractivity contribution >= 4 is 35.2 Å². The van der Waals surface area contributed by atoms with Crippen LogP contribution in [0.3, 0.4) is 0 Å². The summed E-state index contributed by atoms with van der Waals surface area (Å²) in [7, 11) is 0. The molecule has 0 aliphatic carbocycles. The van der Waals surface area contributed by atoms with Crippen molar-refractivity contribution in [3.8, 4) is 0 Å². The summed E-state index contributed by atoms with van der Waals surface area (Å²) in [5.41, 5.74) is 3.93. The minimum absolute atomic E-state index is 0.248. The monoisotopic (exact) mass is 434 g/mol. The van der Waals surface area contributed by atoms with Gasteiger partial charge in [-0.25, -0.2) is 4.79 Å². The fourth-order valence-electron chi connectivity index (χ4n) is 3.27. The van der Waals surface area contributed by atoms with Crippen molar-refractivity contribution in [2.45, 2.75) is 32.8 Å². The molecule has 4 nitrogen and oxygen atoms in total. The van der Waals surface area contributed by atoms with Gasteiger partial charge in [0.2, 0.25) is 0 Å². The number of ether oxygens (including phenoxy) is 1. The molecule has 0 saturated carbocycles. The maximum absolute atomic E-state index is 12.3. The predicted molar refractivity (Wildman–Crippen MR) is 132 cm³/mol. The molecule has 5 heteroatoms. The van der Waals surface area contributed by atoms with Crippen molar-refractivity contribution in [3.05, 3.63) is 83.4 Å². The summed E-state index contributed by atoms with van der Waals surface area (Å²) in [4.78, 5) is 19.6. The van der Waals surface area contributed by atoms with E-state index in [4.69, 9.17) is 4.74 Å². The molecule has 1 heterocycles. The Morgan fingerprint density at radius 1 is 1.06 bits per heavy atom. The number of rotatable bonds is 6. The van der Waals surface area contributed by atoms with Gasteiger partial charge in [0.25, 0.3) is 0 Å². The lowest BCUT2D eigenvalue weighted by Gasteiger charge is -2.29. The van der Waals surface area contributed by atoms with Gasteiger partial charge in [-0.2, -0.15) is 0 Å². The molecule has 2 aromatic rings. The zero-order valence-electron chi connectivity index (χ0n) is 18.5. The Hall–Kier alpha value is -2.79. The van der Waals surface area contributed by atoms with E-state index in [-0.39, 0.29) is 6.09 Å². The third kappa shape index (κ3) is 6.59. The topological polar surface area (TPSA) is 41.9 Å². The molecule has 31 heavy (non-hydrogen) atoms. The van der Waals surface area contributed by atoms with E-state index in [2.05, 4.69) is 42.1 Å². The summed E-state index contributed by atoms with van der Waals surface area (Å²) in [6.45, 7) is 10.8. The molecule has 0 radical (unpaired) electrons. The summed E-state index contributed by atoms with van der Waals surface area (Å²) in [5, 5.41) is 0. The molecule has 0 N–H and O–H groups in total.